The molecule has 0 atom stereocenters. The minimum atomic E-state index is -0.884. The molecule has 1 N–H and O–H groups in total. The standard InChI is InChI=1S/C15H12N2O2/c18-19-15-16-13(11-7-3-1-4-8-11)14(17-15)12-9-5-2-6-10-12/h1-10,15,18H. The zero-order valence-electron chi connectivity index (χ0n) is 10.1. The Hall–Kier alpha value is -2.30. The third-order valence-corrected chi connectivity index (χ3v) is 2.89. The predicted molar refractivity (Wildman–Crippen MR) is 73.5 cm³/mol. The summed E-state index contributed by atoms with van der Waals surface area (Å²) in [6.07, 6.45) is -0.884. The Labute approximate surface area is 110 Å². The summed E-state index contributed by atoms with van der Waals surface area (Å²) in [7, 11) is 0. The van der Waals surface area contributed by atoms with Crippen LogP contribution >= 0.6 is 0 Å². The first kappa shape index (κ1) is 11.8. The number of hydrogen-bond acceptors (Lipinski definition) is 4. The third kappa shape index (κ3) is 2.31. The van der Waals surface area contributed by atoms with Gasteiger partial charge in [-0.25, -0.2) is 15.2 Å². The lowest BCUT2D eigenvalue weighted by Gasteiger charge is -2.05. The van der Waals surface area contributed by atoms with Gasteiger partial charge in [0.1, 0.15) is 0 Å². The maximum absolute atomic E-state index is 8.78. The maximum Gasteiger partial charge on any atom is 0.277 e. The molecule has 0 spiro atoms. The van der Waals surface area contributed by atoms with Gasteiger partial charge in [-0.2, -0.15) is 4.89 Å². The summed E-state index contributed by atoms with van der Waals surface area (Å²) in [6, 6.07) is 19.5. The van der Waals surface area contributed by atoms with Gasteiger partial charge in [0.15, 0.2) is 0 Å². The van der Waals surface area contributed by atoms with Crippen molar-refractivity contribution < 1.29 is 10.1 Å². The van der Waals surface area contributed by atoms with Crippen molar-refractivity contribution in [2.75, 3.05) is 0 Å². The lowest BCUT2D eigenvalue weighted by atomic mass is 10.0. The first-order valence-corrected chi connectivity index (χ1v) is 5.95. The van der Waals surface area contributed by atoms with Crippen molar-refractivity contribution in [1.29, 1.82) is 0 Å². The van der Waals surface area contributed by atoms with Crippen LogP contribution in [0, 0.1) is 0 Å². The second kappa shape index (κ2) is 5.14. The van der Waals surface area contributed by atoms with Gasteiger partial charge in [-0.3, -0.25) is 0 Å². The van der Waals surface area contributed by atoms with Crippen LogP contribution in [0.2, 0.25) is 0 Å². The van der Waals surface area contributed by atoms with E-state index < -0.39 is 6.35 Å². The maximum atomic E-state index is 8.78. The molecule has 94 valence electrons. The Bertz CT molecular complexity index is 566. The van der Waals surface area contributed by atoms with Crippen molar-refractivity contribution in [1.82, 2.24) is 0 Å². The zero-order valence-corrected chi connectivity index (χ0v) is 10.1. The average molecular weight is 252 g/mol. The lowest BCUT2D eigenvalue weighted by Crippen LogP contribution is -2.13. The van der Waals surface area contributed by atoms with Gasteiger partial charge in [0, 0.05) is 11.1 Å². The van der Waals surface area contributed by atoms with E-state index in [4.69, 9.17) is 5.26 Å². The Morgan fingerprint density at radius 1 is 0.737 bits per heavy atom. The minimum Gasteiger partial charge on any atom is -0.248 e. The van der Waals surface area contributed by atoms with Crippen molar-refractivity contribution in [2.24, 2.45) is 9.98 Å². The molecule has 0 aliphatic carbocycles. The molecule has 2 aromatic carbocycles. The summed E-state index contributed by atoms with van der Waals surface area (Å²) in [6.45, 7) is 0. The van der Waals surface area contributed by atoms with Crippen LogP contribution in [0.5, 0.6) is 0 Å². The summed E-state index contributed by atoms with van der Waals surface area (Å²) in [5, 5.41) is 8.78. The summed E-state index contributed by atoms with van der Waals surface area (Å²) >= 11 is 0. The Balaban J connectivity index is 2.05. The van der Waals surface area contributed by atoms with Crippen LogP contribution in [0.15, 0.2) is 70.6 Å². The fourth-order valence-corrected chi connectivity index (χ4v) is 2.03. The first-order chi connectivity index (χ1) is 9.38. The fraction of sp³-hybridized carbons (Fsp3) is 0.0667. The van der Waals surface area contributed by atoms with Crippen molar-refractivity contribution in [3.63, 3.8) is 0 Å². The van der Waals surface area contributed by atoms with Gasteiger partial charge in [-0.1, -0.05) is 60.7 Å². The lowest BCUT2D eigenvalue weighted by molar-refractivity contribution is -0.273. The van der Waals surface area contributed by atoms with Gasteiger partial charge in [-0.05, 0) is 0 Å². The van der Waals surface area contributed by atoms with E-state index in [2.05, 4.69) is 14.9 Å². The smallest absolute Gasteiger partial charge is 0.248 e. The molecule has 2 aromatic rings. The largest absolute Gasteiger partial charge is 0.277 e. The highest BCUT2D eigenvalue weighted by Gasteiger charge is 2.23. The number of nitrogens with zero attached hydrogens (tertiary/aromatic N) is 2. The quantitative estimate of drug-likeness (QED) is 0.674. The molecule has 0 aromatic heterocycles. The molecule has 0 radical (unpaired) electrons. The third-order valence-electron chi connectivity index (χ3n) is 2.89. The molecular formula is C15H12N2O2. The number of benzene rings is 2. The van der Waals surface area contributed by atoms with Crippen LogP contribution < -0.4 is 0 Å². The molecule has 4 heteroatoms. The highest BCUT2D eigenvalue weighted by molar-refractivity contribution is 6.54. The highest BCUT2D eigenvalue weighted by Crippen LogP contribution is 2.18. The Morgan fingerprint density at radius 2 is 1.16 bits per heavy atom. The fourth-order valence-electron chi connectivity index (χ4n) is 2.03. The number of aliphatic imine (C=N–C) groups is 2. The molecule has 19 heavy (non-hydrogen) atoms. The summed E-state index contributed by atoms with van der Waals surface area (Å²) in [5.41, 5.74) is 3.35. The van der Waals surface area contributed by atoms with Crippen LogP contribution in [0.1, 0.15) is 11.1 Å². The molecule has 4 nitrogen and oxygen atoms in total. The first-order valence-electron chi connectivity index (χ1n) is 5.95. The molecule has 3 rings (SSSR count). The van der Waals surface area contributed by atoms with Gasteiger partial charge in [0.25, 0.3) is 6.35 Å². The summed E-state index contributed by atoms with van der Waals surface area (Å²) < 4.78 is 0. The van der Waals surface area contributed by atoms with Crippen LogP contribution in [0.3, 0.4) is 0 Å². The minimum absolute atomic E-state index is 0.728. The van der Waals surface area contributed by atoms with Crippen molar-refractivity contribution in [2.45, 2.75) is 6.35 Å². The van der Waals surface area contributed by atoms with Crippen LogP contribution in [-0.4, -0.2) is 23.0 Å². The molecule has 0 saturated carbocycles. The van der Waals surface area contributed by atoms with Gasteiger partial charge in [-0.15, -0.1) is 0 Å². The van der Waals surface area contributed by atoms with E-state index in [1.54, 1.807) is 0 Å². The molecule has 0 unspecified atom stereocenters. The Kier molecular flexibility index (Phi) is 3.18. The SMILES string of the molecule is OOC1N=C(c2ccccc2)C(c2ccccc2)=N1. The molecule has 0 saturated heterocycles. The second-order valence-corrected chi connectivity index (χ2v) is 4.12. The van der Waals surface area contributed by atoms with Gasteiger partial charge in [0.05, 0.1) is 11.4 Å². The highest BCUT2D eigenvalue weighted by atomic mass is 17.1. The second-order valence-electron chi connectivity index (χ2n) is 4.12. The Morgan fingerprint density at radius 3 is 1.53 bits per heavy atom. The van der Waals surface area contributed by atoms with Crippen molar-refractivity contribution in [3.8, 4) is 0 Å². The van der Waals surface area contributed by atoms with Crippen molar-refractivity contribution in [3.05, 3.63) is 71.8 Å². The van der Waals surface area contributed by atoms with Crippen molar-refractivity contribution >= 4 is 11.4 Å². The monoisotopic (exact) mass is 252 g/mol. The molecule has 1 aliphatic heterocycles. The van der Waals surface area contributed by atoms with Gasteiger partial charge < -0.3 is 0 Å². The van der Waals surface area contributed by atoms with E-state index in [0.717, 1.165) is 22.6 Å². The topological polar surface area (TPSA) is 54.2 Å². The molecule has 1 heterocycles. The average Bonchev–Trinajstić information content (AvgIpc) is 2.93. The van der Waals surface area contributed by atoms with Gasteiger partial charge in [0.2, 0.25) is 0 Å². The molecular weight excluding hydrogens is 240 g/mol. The van der Waals surface area contributed by atoms with E-state index in [1.807, 2.05) is 60.7 Å². The predicted octanol–water partition coefficient (Wildman–Crippen LogP) is 2.75. The van der Waals surface area contributed by atoms with Crippen LogP contribution in [0.4, 0.5) is 0 Å². The van der Waals surface area contributed by atoms with E-state index in [1.165, 1.54) is 0 Å². The molecule has 1 aliphatic rings. The summed E-state index contributed by atoms with van der Waals surface area (Å²) in [4.78, 5) is 12.8. The van der Waals surface area contributed by atoms with E-state index in [9.17, 15) is 0 Å². The van der Waals surface area contributed by atoms with Gasteiger partial charge >= 0.3 is 0 Å². The van der Waals surface area contributed by atoms with Crippen LogP contribution in [-0.2, 0) is 4.89 Å². The van der Waals surface area contributed by atoms with Crippen LogP contribution in [0.25, 0.3) is 0 Å². The number of rotatable bonds is 3. The van der Waals surface area contributed by atoms with E-state index in [-0.39, 0.29) is 0 Å². The van der Waals surface area contributed by atoms with E-state index in [0.29, 0.717) is 0 Å². The molecule has 0 amide bonds. The zero-order chi connectivity index (χ0) is 13.1. The number of hydrogen-bond donors (Lipinski definition) is 1. The molecule has 0 bridgehead atoms. The van der Waals surface area contributed by atoms with E-state index >= 15 is 0 Å². The summed E-state index contributed by atoms with van der Waals surface area (Å²) in [5.74, 6) is 0. The normalized spacial score (nSPS) is 15.2. The molecule has 0 fully saturated rings.